The fraction of sp³-hybridized carbons (Fsp3) is 0.933. The number of aliphatic hydroxyl groups excluding tert-OH is 1. The fourth-order valence-electron chi connectivity index (χ4n) is 8.76. The van der Waals surface area contributed by atoms with E-state index in [9.17, 15) is 43.2 Å². The minimum absolute atomic E-state index is 0.102. The van der Waals surface area contributed by atoms with Crippen LogP contribution >= 0.6 is 15.6 Å². The summed E-state index contributed by atoms with van der Waals surface area (Å²) >= 11 is 0. The van der Waals surface area contributed by atoms with Crippen molar-refractivity contribution in [2.75, 3.05) is 39.6 Å². The quantitative estimate of drug-likeness (QED) is 0.0222. The minimum atomic E-state index is -4.94. The Balaban J connectivity index is 5.20. The molecule has 0 aromatic carbocycles. The molecule has 0 aromatic rings. The van der Waals surface area contributed by atoms with Crippen LogP contribution in [-0.4, -0.2) is 96.7 Å². The summed E-state index contributed by atoms with van der Waals surface area (Å²) in [5.41, 5.74) is 0. The first-order valence-electron chi connectivity index (χ1n) is 31.6. The molecule has 0 aromatic heterocycles. The van der Waals surface area contributed by atoms with E-state index in [0.717, 1.165) is 108 Å². The number of aliphatic hydroxyl groups is 1. The molecule has 0 bridgehead atoms. The second-order valence-corrected chi connectivity index (χ2v) is 25.1. The lowest BCUT2D eigenvalue weighted by molar-refractivity contribution is -0.161. The third-order valence-electron chi connectivity index (χ3n) is 14.4. The molecule has 17 nitrogen and oxygen atoms in total. The van der Waals surface area contributed by atoms with Gasteiger partial charge in [-0.15, -0.1) is 0 Å². The lowest BCUT2D eigenvalue weighted by Crippen LogP contribution is -2.30. The summed E-state index contributed by atoms with van der Waals surface area (Å²) < 4.78 is 67.6. The van der Waals surface area contributed by atoms with Gasteiger partial charge in [-0.25, -0.2) is 9.13 Å². The molecule has 0 heterocycles. The number of phosphoric acid groups is 2. The highest BCUT2D eigenvalue weighted by atomic mass is 31.2. The minimum Gasteiger partial charge on any atom is -0.462 e. The number of hydrogen-bond donors (Lipinski definition) is 3. The van der Waals surface area contributed by atoms with E-state index in [1.807, 2.05) is 0 Å². The summed E-state index contributed by atoms with van der Waals surface area (Å²) in [4.78, 5) is 71.8. The number of phosphoric ester groups is 2. The Labute approximate surface area is 479 Å². The van der Waals surface area contributed by atoms with Crippen molar-refractivity contribution in [2.24, 2.45) is 11.8 Å². The number of carbonyl (C=O) groups is 4. The van der Waals surface area contributed by atoms with E-state index in [1.165, 1.54) is 103 Å². The molecule has 0 rings (SSSR count). The topological polar surface area (TPSA) is 237 Å². The van der Waals surface area contributed by atoms with Gasteiger partial charge >= 0.3 is 39.5 Å². The fourth-order valence-corrected chi connectivity index (χ4v) is 10.3. The first kappa shape index (κ1) is 77.1. The summed E-state index contributed by atoms with van der Waals surface area (Å²) in [6.07, 6.45) is 33.7. The maximum absolute atomic E-state index is 12.9. The van der Waals surface area contributed by atoms with Crippen LogP contribution in [0.25, 0.3) is 0 Å². The van der Waals surface area contributed by atoms with Gasteiger partial charge in [-0.1, -0.05) is 241 Å². The summed E-state index contributed by atoms with van der Waals surface area (Å²) in [7, 11) is -9.87. The van der Waals surface area contributed by atoms with Crippen molar-refractivity contribution >= 4 is 39.5 Å². The van der Waals surface area contributed by atoms with Crippen LogP contribution in [0.15, 0.2) is 0 Å². The Morgan fingerprint density at radius 1 is 0.354 bits per heavy atom. The van der Waals surface area contributed by atoms with Crippen LogP contribution in [0.1, 0.15) is 292 Å². The van der Waals surface area contributed by atoms with Gasteiger partial charge in [0.25, 0.3) is 0 Å². The molecule has 0 saturated heterocycles. The molecule has 0 aliphatic rings. The molecule has 0 aliphatic carbocycles. The maximum Gasteiger partial charge on any atom is 0.472 e. The van der Waals surface area contributed by atoms with E-state index >= 15 is 0 Å². The van der Waals surface area contributed by atoms with Crippen molar-refractivity contribution in [1.82, 2.24) is 0 Å². The molecular weight excluding hydrogens is 1050 g/mol. The van der Waals surface area contributed by atoms with Gasteiger partial charge in [-0.05, 0) is 37.5 Å². The van der Waals surface area contributed by atoms with Gasteiger partial charge in [-0.2, -0.15) is 0 Å². The molecule has 0 saturated carbocycles. The van der Waals surface area contributed by atoms with Gasteiger partial charge in [0.15, 0.2) is 12.2 Å². The zero-order valence-electron chi connectivity index (χ0n) is 50.7. The average molecular weight is 1170 g/mol. The zero-order chi connectivity index (χ0) is 58.7. The second-order valence-electron chi connectivity index (χ2n) is 22.2. The molecular formula is C60H116O17P2. The molecule has 79 heavy (non-hydrogen) atoms. The highest BCUT2D eigenvalue weighted by molar-refractivity contribution is 7.47. The van der Waals surface area contributed by atoms with Gasteiger partial charge in [0.1, 0.15) is 19.3 Å². The van der Waals surface area contributed by atoms with Crippen LogP contribution in [0, 0.1) is 11.8 Å². The number of carbonyl (C=O) groups excluding carboxylic acids is 4. The molecule has 3 N–H and O–H groups in total. The van der Waals surface area contributed by atoms with E-state index in [-0.39, 0.29) is 25.7 Å². The molecule has 0 radical (unpaired) electrons. The predicted octanol–water partition coefficient (Wildman–Crippen LogP) is 16.1. The van der Waals surface area contributed by atoms with Gasteiger partial charge in [0.2, 0.25) is 0 Å². The van der Waals surface area contributed by atoms with E-state index in [0.29, 0.717) is 25.7 Å². The van der Waals surface area contributed by atoms with Gasteiger partial charge in [0, 0.05) is 25.7 Å². The van der Waals surface area contributed by atoms with E-state index in [2.05, 4.69) is 41.5 Å². The number of ether oxygens (including phenoxy) is 4. The Hall–Kier alpha value is -1.94. The SMILES string of the molecule is CCCCCCCCCCCCCCC(=O)OC[C@H](COP(=O)(O)OC[C@@H](O)COP(=O)(O)OC[C@@H](COC(=O)CCCCCCC)OC(=O)CCCCCCCCC(C)CC)OC(=O)CCCCCCCCCCC(C)CC. The van der Waals surface area contributed by atoms with Crippen LogP contribution in [0.3, 0.4) is 0 Å². The van der Waals surface area contributed by atoms with Crippen molar-refractivity contribution in [1.29, 1.82) is 0 Å². The predicted molar refractivity (Wildman–Crippen MR) is 312 cm³/mol. The first-order valence-corrected chi connectivity index (χ1v) is 34.6. The summed E-state index contributed by atoms with van der Waals surface area (Å²) in [6.45, 7) is 9.32. The van der Waals surface area contributed by atoms with Crippen molar-refractivity contribution in [3.8, 4) is 0 Å². The summed E-state index contributed by atoms with van der Waals surface area (Å²) in [6, 6.07) is 0. The largest absolute Gasteiger partial charge is 0.472 e. The Morgan fingerprint density at radius 3 is 0.899 bits per heavy atom. The standard InChI is InChI=1S/C60H116O17P2/c1-7-11-13-15-16-17-18-19-20-24-31-37-43-58(63)71-49-56(76-59(64)44-38-32-25-22-21-23-29-34-40-52(5)9-3)51-75-79(68,69)73-47-54(61)46-72-78(66,67)74-50-55(48-70-57(62)42-36-28-14-12-8-2)77-60(65)45-39-33-27-26-30-35-41-53(6)10-4/h52-56,61H,7-51H2,1-6H3,(H,66,67)(H,68,69)/t52?,53?,54-,55+,56+/m0/s1. The zero-order valence-corrected chi connectivity index (χ0v) is 52.4. The molecule has 468 valence electrons. The molecule has 0 aliphatic heterocycles. The number of esters is 4. The normalized spacial score (nSPS) is 15.1. The molecule has 0 amide bonds. The third-order valence-corrected chi connectivity index (χ3v) is 16.3. The van der Waals surface area contributed by atoms with Crippen molar-refractivity contribution in [3.05, 3.63) is 0 Å². The molecule has 19 heteroatoms. The Morgan fingerprint density at radius 2 is 0.608 bits per heavy atom. The molecule has 7 atom stereocenters. The van der Waals surface area contributed by atoms with Gasteiger partial charge in [0.05, 0.1) is 26.4 Å². The highest BCUT2D eigenvalue weighted by Crippen LogP contribution is 2.45. The van der Waals surface area contributed by atoms with Crippen LogP contribution in [0.4, 0.5) is 0 Å². The summed E-state index contributed by atoms with van der Waals surface area (Å²) in [5.74, 6) is -0.663. The monoisotopic (exact) mass is 1170 g/mol. The number of hydrogen-bond acceptors (Lipinski definition) is 15. The lowest BCUT2D eigenvalue weighted by Gasteiger charge is -2.21. The molecule has 0 fully saturated rings. The van der Waals surface area contributed by atoms with Gasteiger partial charge < -0.3 is 33.8 Å². The second kappa shape index (κ2) is 52.8. The lowest BCUT2D eigenvalue weighted by atomic mass is 9.99. The Bertz CT molecular complexity index is 1570. The summed E-state index contributed by atoms with van der Waals surface area (Å²) in [5, 5.41) is 10.5. The van der Waals surface area contributed by atoms with Crippen LogP contribution in [0.2, 0.25) is 0 Å². The third kappa shape index (κ3) is 52.6. The average Bonchev–Trinajstić information content (AvgIpc) is 3.42. The van der Waals surface area contributed by atoms with Crippen LogP contribution in [0.5, 0.6) is 0 Å². The van der Waals surface area contributed by atoms with E-state index in [4.69, 9.17) is 37.0 Å². The van der Waals surface area contributed by atoms with Crippen molar-refractivity contribution < 1.29 is 80.2 Å². The first-order chi connectivity index (χ1) is 37.9. The number of unbranched alkanes of at least 4 members (excludes halogenated alkanes) is 27. The molecule has 0 spiro atoms. The van der Waals surface area contributed by atoms with Crippen molar-refractivity contribution in [3.63, 3.8) is 0 Å². The van der Waals surface area contributed by atoms with E-state index in [1.54, 1.807) is 0 Å². The molecule has 4 unspecified atom stereocenters. The Kier molecular flexibility index (Phi) is 51.5. The smallest absolute Gasteiger partial charge is 0.462 e. The van der Waals surface area contributed by atoms with Crippen molar-refractivity contribution in [2.45, 2.75) is 310 Å². The van der Waals surface area contributed by atoms with Crippen LogP contribution in [-0.2, 0) is 65.4 Å². The van der Waals surface area contributed by atoms with E-state index < -0.39 is 97.5 Å². The highest BCUT2D eigenvalue weighted by Gasteiger charge is 2.30. The maximum atomic E-state index is 12.9. The van der Waals surface area contributed by atoms with Gasteiger partial charge in [-0.3, -0.25) is 37.3 Å². The van der Waals surface area contributed by atoms with Crippen LogP contribution < -0.4 is 0 Å². The number of rotatable bonds is 59.